The number of aromatic nitrogens is 1. The molecule has 1 spiro atoms. The van der Waals surface area contributed by atoms with E-state index < -0.39 is 12.8 Å². The molecule has 5 rings (SSSR count). The molecule has 1 amide bonds. The van der Waals surface area contributed by atoms with E-state index in [9.17, 15) is 18.0 Å². The summed E-state index contributed by atoms with van der Waals surface area (Å²) < 4.78 is 47.8. The first-order chi connectivity index (χ1) is 15.2. The van der Waals surface area contributed by atoms with Crippen LogP contribution in [0.3, 0.4) is 0 Å². The molecule has 1 saturated carbocycles. The topological polar surface area (TPSA) is 63.7 Å². The SMILES string of the molecule is CC1C2Cc3ncc(OCC(F)(F)F)cc3CN2C(=O)[C@]12CC[C@@H](NC1CCOCC1)C2. The molecule has 0 radical (unpaired) electrons. The molecule has 4 heterocycles. The van der Waals surface area contributed by atoms with Gasteiger partial charge in [0.2, 0.25) is 5.91 Å². The summed E-state index contributed by atoms with van der Waals surface area (Å²) in [4.78, 5) is 20.0. The first kappa shape index (κ1) is 21.9. The number of carbonyl (C=O) groups is 1. The van der Waals surface area contributed by atoms with Crippen LogP contribution in [0.4, 0.5) is 13.2 Å². The van der Waals surface area contributed by atoms with E-state index in [0.717, 1.165) is 56.6 Å². The molecule has 0 bridgehead atoms. The number of nitrogens with one attached hydrogen (secondary N) is 1. The lowest BCUT2D eigenvalue weighted by Gasteiger charge is -2.33. The number of amides is 1. The first-order valence-corrected chi connectivity index (χ1v) is 11.6. The van der Waals surface area contributed by atoms with Crippen molar-refractivity contribution in [3.63, 3.8) is 0 Å². The lowest BCUT2D eigenvalue weighted by atomic mass is 9.73. The van der Waals surface area contributed by atoms with E-state index in [1.807, 2.05) is 4.90 Å². The summed E-state index contributed by atoms with van der Waals surface area (Å²) >= 11 is 0. The highest BCUT2D eigenvalue weighted by atomic mass is 19.4. The molecule has 0 aromatic carbocycles. The quantitative estimate of drug-likeness (QED) is 0.759. The number of halogens is 3. The smallest absolute Gasteiger partial charge is 0.422 e. The molecule has 176 valence electrons. The number of rotatable bonds is 4. The number of alkyl halides is 3. The van der Waals surface area contributed by atoms with Gasteiger partial charge in [0.25, 0.3) is 0 Å². The van der Waals surface area contributed by atoms with Crippen LogP contribution >= 0.6 is 0 Å². The Balaban J connectivity index is 1.29. The Bertz CT molecular complexity index is 874. The zero-order chi connectivity index (χ0) is 22.5. The van der Waals surface area contributed by atoms with Crippen molar-refractivity contribution in [2.75, 3.05) is 19.8 Å². The third-order valence-electron chi connectivity index (χ3n) is 7.96. The van der Waals surface area contributed by atoms with Crippen molar-refractivity contribution in [1.29, 1.82) is 0 Å². The fourth-order valence-electron chi connectivity index (χ4n) is 6.23. The van der Waals surface area contributed by atoms with Crippen LogP contribution in [0.25, 0.3) is 0 Å². The first-order valence-electron chi connectivity index (χ1n) is 11.6. The van der Waals surface area contributed by atoms with Gasteiger partial charge in [0.05, 0.1) is 11.6 Å². The highest BCUT2D eigenvalue weighted by molar-refractivity contribution is 5.87. The molecule has 2 unspecified atom stereocenters. The highest BCUT2D eigenvalue weighted by Crippen LogP contribution is 2.54. The fourth-order valence-corrected chi connectivity index (χ4v) is 6.23. The lowest BCUT2D eigenvalue weighted by molar-refractivity contribution is -0.153. The maximum Gasteiger partial charge on any atom is 0.422 e. The average molecular weight is 454 g/mol. The van der Waals surface area contributed by atoms with Crippen LogP contribution < -0.4 is 10.1 Å². The minimum absolute atomic E-state index is 0.0891. The van der Waals surface area contributed by atoms with Crippen molar-refractivity contribution in [1.82, 2.24) is 15.2 Å². The van der Waals surface area contributed by atoms with Crippen LogP contribution in [0.5, 0.6) is 5.75 Å². The van der Waals surface area contributed by atoms with Gasteiger partial charge in [0.1, 0.15) is 5.75 Å². The predicted molar refractivity (Wildman–Crippen MR) is 110 cm³/mol. The second-order valence-electron chi connectivity index (χ2n) is 9.82. The molecule has 9 heteroatoms. The van der Waals surface area contributed by atoms with Crippen molar-refractivity contribution in [3.8, 4) is 5.75 Å². The number of nitrogens with zero attached hydrogens (tertiary/aromatic N) is 2. The average Bonchev–Trinajstić information content (AvgIpc) is 3.27. The standard InChI is InChI=1S/C23H30F3N3O3/c1-14-20-9-19-15(8-18(11-27-19)32-13-23(24,25)26)12-29(20)21(30)22(14)5-2-17(10-22)28-16-3-6-31-7-4-16/h8,11,14,16-17,20,28H,2-7,9-10,12-13H2,1H3/t14?,17-,20?,22+/m1/s1. The minimum Gasteiger partial charge on any atom is -0.482 e. The highest BCUT2D eigenvalue weighted by Gasteiger charge is 2.60. The van der Waals surface area contributed by atoms with Gasteiger partial charge < -0.3 is 19.7 Å². The van der Waals surface area contributed by atoms with Crippen molar-refractivity contribution >= 4 is 5.91 Å². The number of hydrogen-bond donors (Lipinski definition) is 1. The monoisotopic (exact) mass is 453 g/mol. The number of ether oxygens (including phenoxy) is 2. The molecule has 2 saturated heterocycles. The van der Waals surface area contributed by atoms with Crippen LogP contribution in [-0.4, -0.2) is 59.9 Å². The molecular formula is C23H30F3N3O3. The Kier molecular flexibility index (Phi) is 5.60. The maximum absolute atomic E-state index is 13.6. The third kappa shape index (κ3) is 3.98. The van der Waals surface area contributed by atoms with Gasteiger partial charge in [0, 0.05) is 50.0 Å². The molecule has 32 heavy (non-hydrogen) atoms. The molecule has 1 aromatic rings. The molecule has 1 aliphatic carbocycles. The minimum atomic E-state index is -4.40. The summed E-state index contributed by atoms with van der Waals surface area (Å²) in [5.74, 6) is 0.502. The van der Waals surface area contributed by atoms with Crippen LogP contribution in [-0.2, 0) is 22.5 Å². The molecule has 6 nitrogen and oxygen atoms in total. The Morgan fingerprint density at radius 1 is 1.28 bits per heavy atom. The number of carbonyl (C=O) groups excluding carboxylic acids is 1. The molecule has 3 aliphatic heterocycles. The Hall–Kier alpha value is -1.87. The van der Waals surface area contributed by atoms with Crippen LogP contribution in [0.15, 0.2) is 12.3 Å². The van der Waals surface area contributed by atoms with E-state index in [1.165, 1.54) is 6.20 Å². The second-order valence-corrected chi connectivity index (χ2v) is 9.82. The molecular weight excluding hydrogens is 423 g/mol. The van der Waals surface area contributed by atoms with Gasteiger partial charge in [-0.2, -0.15) is 13.2 Å². The lowest BCUT2D eigenvalue weighted by Crippen LogP contribution is -2.42. The summed E-state index contributed by atoms with van der Waals surface area (Å²) in [5, 5.41) is 3.77. The normalized spacial score (nSPS) is 32.9. The zero-order valence-electron chi connectivity index (χ0n) is 18.3. The van der Waals surface area contributed by atoms with E-state index >= 15 is 0 Å². The van der Waals surface area contributed by atoms with Gasteiger partial charge in [-0.15, -0.1) is 0 Å². The Labute approximate surface area is 185 Å². The molecule has 4 aliphatic rings. The van der Waals surface area contributed by atoms with Crippen molar-refractivity contribution in [3.05, 3.63) is 23.5 Å². The van der Waals surface area contributed by atoms with Gasteiger partial charge >= 0.3 is 6.18 Å². The van der Waals surface area contributed by atoms with Crippen LogP contribution in [0, 0.1) is 11.3 Å². The summed E-state index contributed by atoms with van der Waals surface area (Å²) in [5.41, 5.74) is 1.29. The van der Waals surface area contributed by atoms with E-state index in [0.29, 0.717) is 25.0 Å². The van der Waals surface area contributed by atoms with E-state index in [2.05, 4.69) is 17.2 Å². The Morgan fingerprint density at radius 2 is 2.06 bits per heavy atom. The second kappa shape index (κ2) is 8.17. The van der Waals surface area contributed by atoms with Gasteiger partial charge in [-0.3, -0.25) is 9.78 Å². The summed E-state index contributed by atoms with van der Waals surface area (Å²) in [7, 11) is 0. The van der Waals surface area contributed by atoms with Crippen LogP contribution in [0.1, 0.15) is 50.3 Å². The molecule has 3 fully saturated rings. The third-order valence-corrected chi connectivity index (χ3v) is 7.96. The van der Waals surface area contributed by atoms with E-state index in [-0.39, 0.29) is 29.0 Å². The van der Waals surface area contributed by atoms with Crippen molar-refractivity contribution < 1.29 is 27.4 Å². The van der Waals surface area contributed by atoms with E-state index in [1.54, 1.807) is 6.07 Å². The Morgan fingerprint density at radius 3 is 2.81 bits per heavy atom. The predicted octanol–water partition coefficient (Wildman–Crippen LogP) is 3.23. The van der Waals surface area contributed by atoms with Gasteiger partial charge in [-0.05, 0) is 49.7 Å². The summed E-state index contributed by atoms with van der Waals surface area (Å²) in [6, 6.07) is 2.50. The number of hydrogen-bond acceptors (Lipinski definition) is 5. The van der Waals surface area contributed by atoms with Gasteiger partial charge in [-0.1, -0.05) is 6.92 Å². The largest absolute Gasteiger partial charge is 0.482 e. The molecule has 4 atom stereocenters. The van der Waals surface area contributed by atoms with E-state index in [4.69, 9.17) is 9.47 Å². The molecule has 1 N–H and O–H groups in total. The van der Waals surface area contributed by atoms with Crippen molar-refractivity contribution in [2.45, 2.75) is 76.3 Å². The number of fused-ring (bicyclic) bond motifs is 2. The van der Waals surface area contributed by atoms with Gasteiger partial charge in [-0.25, -0.2) is 0 Å². The maximum atomic E-state index is 13.6. The summed E-state index contributed by atoms with van der Waals surface area (Å²) in [6.07, 6.45) is 2.36. The van der Waals surface area contributed by atoms with Crippen LogP contribution in [0.2, 0.25) is 0 Å². The van der Waals surface area contributed by atoms with Gasteiger partial charge in [0.15, 0.2) is 6.61 Å². The molecule has 1 aromatic heterocycles. The van der Waals surface area contributed by atoms with Crippen molar-refractivity contribution in [2.24, 2.45) is 11.3 Å². The number of pyridine rings is 1. The summed E-state index contributed by atoms with van der Waals surface area (Å²) in [6.45, 7) is 2.81. The fraction of sp³-hybridized carbons (Fsp3) is 0.739. The zero-order valence-corrected chi connectivity index (χ0v) is 18.3.